The molecule has 1 aromatic heterocycles. The Kier molecular flexibility index (Phi) is 4.28. The molecule has 0 bridgehead atoms. The number of hydrogen-bond donors (Lipinski definition) is 0. The third kappa shape index (κ3) is 2.91. The second kappa shape index (κ2) is 6.36. The summed E-state index contributed by atoms with van der Waals surface area (Å²) in [4.78, 5) is 26.4. The van der Waals surface area contributed by atoms with Crippen molar-refractivity contribution >= 4 is 11.6 Å². The van der Waals surface area contributed by atoms with Crippen molar-refractivity contribution in [1.82, 2.24) is 9.78 Å². The molecule has 0 N–H and O–H groups in total. The smallest absolute Gasteiger partial charge is 0.278 e. The average molecular weight is 311 g/mol. The molecule has 0 saturated heterocycles. The second-order valence-corrected chi connectivity index (χ2v) is 5.99. The topological polar surface area (TPSA) is 55.2 Å². The second-order valence-electron chi connectivity index (χ2n) is 5.99. The van der Waals surface area contributed by atoms with E-state index in [-0.39, 0.29) is 11.5 Å². The van der Waals surface area contributed by atoms with E-state index >= 15 is 0 Å². The summed E-state index contributed by atoms with van der Waals surface area (Å²) in [5.41, 5.74) is 2.29. The van der Waals surface area contributed by atoms with Crippen molar-refractivity contribution in [3.63, 3.8) is 0 Å². The molecule has 5 nitrogen and oxygen atoms in total. The van der Waals surface area contributed by atoms with Crippen LogP contribution in [0.4, 0.5) is 5.69 Å². The van der Waals surface area contributed by atoms with E-state index in [9.17, 15) is 9.59 Å². The number of nitrogens with zero attached hydrogens (tertiary/aromatic N) is 3. The van der Waals surface area contributed by atoms with Crippen LogP contribution in [0, 0.1) is 0 Å². The van der Waals surface area contributed by atoms with Gasteiger partial charge in [-0.3, -0.25) is 9.59 Å². The van der Waals surface area contributed by atoms with Crippen molar-refractivity contribution in [2.24, 2.45) is 0 Å². The summed E-state index contributed by atoms with van der Waals surface area (Å²) in [5.74, 6) is 0.298. The van der Waals surface area contributed by atoms with Crippen LogP contribution < -0.4 is 10.5 Å². The van der Waals surface area contributed by atoms with Crippen LogP contribution in [0.2, 0.25) is 0 Å². The van der Waals surface area contributed by atoms with Gasteiger partial charge in [0.05, 0.1) is 0 Å². The lowest BCUT2D eigenvalue weighted by atomic mass is 9.91. The standard InChI is InChI=1S/C18H21N3O2/c1-3-11-21-17(22)9-8-15(19-21)18(23)20-12-10-13(2)14-6-4-5-7-16(14)20/h4-9,13H,3,10-12H2,1-2H3/t13-/m1/s1. The Balaban J connectivity index is 1.97. The number of aryl methyl sites for hydroxylation is 1. The van der Waals surface area contributed by atoms with Crippen molar-refractivity contribution < 1.29 is 4.79 Å². The van der Waals surface area contributed by atoms with Crippen LogP contribution in [-0.4, -0.2) is 22.2 Å². The summed E-state index contributed by atoms with van der Waals surface area (Å²) in [6.45, 7) is 5.35. The fraction of sp³-hybridized carbons (Fsp3) is 0.389. The minimum atomic E-state index is -0.170. The Hall–Kier alpha value is -2.43. The van der Waals surface area contributed by atoms with Crippen molar-refractivity contribution in [2.45, 2.75) is 39.2 Å². The van der Waals surface area contributed by atoms with E-state index in [1.807, 2.05) is 25.1 Å². The highest BCUT2D eigenvalue weighted by Gasteiger charge is 2.27. The molecule has 23 heavy (non-hydrogen) atoms. The first kappa shape index (κ1) is 15.5. The number of hydrogen-bond acceptors (Lipinski definition) is 3. The monoisotopic (exact) mass is 311 g/mol. The normalized spacial score (nSPS) is 17.0. The number of rotatable bonds is 3. The number of fused-ring (bicyclic) bond motifs is 1. The maximum absolute atomic E-state index is 12.9. The third-order valence-corrected chi connectivity index (χ3v) is 4.31. The SMILES string of the molecule is CCCn1nc(C(=O)N2CC[C@@H](C)c3ccccc32)ccc1=O. The van der Waals surface area contributed by atoms with Gasteiger partial charge in [0.2, 0.25) is 0 Å². The Morgan fingerprint density at radius 1 is 1.26 bits per heavy atom. The molecule has 0 saturated carbocycles. The lowest BCUT2D eigenvalue weighted by Crippen LogP contribution is -2.38. The molecular formula is C18H21N3O2. The molecule has 0 fully saturated rings. The summed E-state index contributed by atoms with van der Waals surface area (Å²) in [7, 11) is 0. The molecule has 0 aliphatic carbocycles. The van der Waals surface area contributed by atoms with Gasteiger partial charge in [-0.25, -0.2) is 4.68 Å². The third-order valence-electron chi connectivity index (χ3n) is 4.31. The fourth-order valence-corrected chi connectivity index (χ4v) is 3.03. The molecule has 1 amide bonds. The van der Waals surface area contributed by atoms with Crippen LogP contribution >= 0.6 is 0 Å². The van der Waals surface area contributed by atoms with E-state index in [1.165, 1.54) is 22.4 Å². The van der Waals surface area contributed by atoms with E-state index < -0.39 is 0 Å². The number of para-hydroxylation sites is 1. The summed E-state index contributed by atoms with van der Waals surface area (Å²) < 4.78 is 1.37. The van der Waals surface area contributed by atoms with Crippen molar-refractivity contribution in [2.75, 3.05) is 11.4 Å². The number of carbonyl (C=O) groups is 1. The molecule has 2 aromatic rings. The summed E-state index contributed by atoms with van der Waals surface area (Å²) >= 11 is 0. The predicted octanol–water partition coefficient (Wildman–Crippen LogP) is 2.81. The van der Waals surface area contributed by atoms with Crippen LogP contribution in [0.1, 0.15) is 48.7 Å². The van der Waals surface area contributed by atoms with Crippen LogP contribution in [0.3, 0.4) is 0 Å². The van der Waals surface area contributed by atoms with Crippen LogP contribution in [-0.2, 0) is 6.54 Å². The van der Waals surface area contributed by atoms with Gasteiger partial charge >= 0.3 is 0 Å². The first-order valence-corrected chi connectivity index (χ1v) is 8.10. The lowest BCUT2D eigenvalue weighted by molar-refractivity contribution is 0.0977. The zero-order valence-electron chi connectivity index (χ0n) is 13.5. The van der Waals surface area contributed by atoms with Crippen molar-refractivity contribution in [3.8, 4) is 0 Å². The van der Waals surface area contributed by atoms with Gasteiger partial charge in [0.25, 0.3) is 11.5 Å². The highest BCUT2D eigenvalue weighted by Crippen LogP contribution is 2.35. The first-order valence-electron chi connectivity index (χ1n) is 8.10. The van der Waals surface area contributed by atoms with Crippen molar-refractivity contribution in [3.05, 3.63) is 58.0 Å². The fourth-order valence-electron chi connectivity index (χ4n) is 3.03. The number of carbonyl (C=O) groups excluding carboxylic acids is 1. The Morgan fingerprint density at radius 2 is 2.04 bits per heavy atom. The zero-order valence-corrected chi connectivity index (χ0v) is 13.5. The number of anilines is 1. The van der Waals surface area contributed by atoms with E-state index in [0.29, 0.717) is 24.7 Å². The Labute approximate surface area is 135 Å². The molecule has 3 rings (SSSR count). The summed E-state index contributed by atoms with van der Waals surface area (Å²) in [6.07, 6.45) is 1.73. The zero-order chi connectivity index (χ0) is 16.4. The average Bonchev–Trinajstić information content (AvgIpc) is 2.57. The van der Waals surface area contributed by atoms with E-state index in [1.54, 1.807) is 4.90 Å². The highest BCUT2D eigenvalue weighted by atomic mass is 16.2. The van der Waals surface area contributed by atoms with Gasteiger partial charge in [-0.1, -0.05) is 32.0 Å². The molecule has 1 atom stereocenters. The quantitative estimate of drug-likeness (QED) is 0.876. The van der Waals surface area contributed by atoms with E-state index in [0.717, 1.165) is 18.5 Å². The predicted molar refractivity (Wildman–Crippen MR) is 89.9 cm³/mol. The maximum Gasteiger partial charge on any atom is 0.278 e. The van der Waals surface area contributed by atoms with Gasteiger partial charge in [0, 0.05) is 24.8 Å². The largest absolute Gasteiger partial charge is 0.307 e. The van der Waals surface area contributed by atoms with Gasteiger partial charge in [-0.15, -0.1) is 0 Å². The molecule has 120 valence electrons. The van der Waals surface area contributed by atoms with Gasteiger partial charge in [0.15, 0.2) is 0 Å². The van der Waals surface area contributed by atoms with Crippen LogP contribution in [0.5, 0.6) is 0 Å². The number of aromatic nitrogens is 2. The lowest BCUT2D eigenvalue weighted by Gasteiger charge is -2.32. The molecule has 1 aliphatic heterocycles. The minimum Gasteiger partial charge on any atom is -0.307 e. The minimum absolute atomic E-state index is 0.144. The molecule has 2 heterocycles. The van der Waals surface area contributed by atoms with Crippen LogP contribution in [0.15, 0.2) is 41.2 Å². The van der Waals surface area contributed by atoms with Gasteiger partial charge in [-0.2, -0.15) is 5.10 Å². The van der Waals surface area contributed by atoms with E-state index in [2.05, 4.69) is 18.1 Å². The first-order chi connectivity index (χ1) is 11.1. The van der Waals surface area contributed by atoms with E-state index in [4.69, 9.17) is 0 Å². The molecular weight excluding hydrogens is 290 g/mol. The highest BCUT2D eigenvalue weighted by molar-refractivity contribution is 6.05. The maximum atomic E-state index is 12.9. The molecule has 0 spiro atoms. The number of amides is 1. The summed E-state index contributed by atoms with van der Waals surface area (Å²) in [5, 5.41) is 4.24. The number of benzene rings is 1. The van der Waals surface area contributed by atoms with Gasteiger partial charge < -0.3 is 4.90 Å². The molecule has 5 heteroatoms. The van der Waals surface area contributed by atoms with Crippen molar-refractivity contribution in [1.29, 1.82) is 0 Å². The van der Waals surface area contributed by atoms with Gasteiger partial charge in [0.1, 0.15) is 5.69 Å². The molecule has 0 unspecified atom stereocenters. The molecule has 1 aromatic carbocycles. The molecule has 1 aliphatic rings. The van der Waals surface area contributed by atoms with Gasteiger partial charge in [-0.05, 0) is 36.5 Å². The Morgan fingerprint density at radius 3 is 2.83 bits per heavy atom. The van der Waals surface area contributed by atoms with Crippen LogP contribution in [0.25, 0.3) is 0 Å². The molecule has 0 radical (unpaired) electrons. The summed E-state index contributed by atoms with van der Waals surface area (Å²) in [6, 6.07) is 11.0. The Bertz CT molecular complexity index is 782.